The molecule has 2 heteroatoms. The first-order valence-corrected chi connectivity index (χ1v) is 5.17. The van der Waals surface area contributed by atoms with Gasteiger partial charge in [-0.05, 0) is 32.2 Å². The third kappa shape index (κ3) is 1.38. The summed E-state index contributed by atoms with van der Waals surface area (Å²) in [6.07, 6.45) is 6.47. The number of hydrogen-bond donors (Lipinski definition) is 1. The average molecular weight is 169 g/mol. The van der Waals surface area contributed by atoms with Crippen molar-refractivity contribution in [2.45, 2.75) is 38.3 Å². The van der Waals surface area contributed by atoms with E-state index in [2.05, 4.69) is 4.90 Å². The monoisotopic (exact) mass is 169 g/mol. The molecule has 1 heterocycles. The molecular formula is C10H19NO. The maximum absolute atomic E-state index is 9.90. The van der Waals surface area contributed by atoms with Crippen LogP contribution in [0, 0.1) is 11.8 Å². The van der Waals surface area contributed by atoms with Gasteiger partial charge in [-0.2, -0.15) is 0 Å². The van der Waals surface area contributed by atoms with Crippen LogP contribution in [0.5, 0.6) is 0 Å². The van der Waals surface area contributed by atoms with Gasteiger partial charge in [0.05, 0.1) is 0 Å². The fourth-order valence-electron chi connectivity index (χ4n) is 2.82. The minimum Gasteiger partial charge on any atom is -0.378 e. The molecule has 0 amide bonds. The number of likely N-dealkylation sites (tertiary alicyclic amines) is 1. The van der Waals surface area contributed by atoms with Gasteiger partial charge in [0, 0.05) is 12.5 Å². The molecule has 1 saturated carbocycles. The van der Waals surface area contributed by atoms with Crippen molar-refractivity contribution in [2.75, 3.05) is 13.6 Å². The van der Waals surface area contributed by atoms with Crippen molar-refractivity contribution in [1.82, 2.24) is 4.90 Å². The van der Waals surface area contributed by atoms with Crippen molar-refractivity contribution >= 4 is 0 Å². The van der Waals surface area contributed by atoms with Crippen molar-refractivity contribution in [3.05, 3.63) is 0 Å². The largest absolute Gasteiger partial charge is 0.378 e. The zero-order valence-electron chi connectivity index (χ0n) is 7.87. The molecule has 3 atom stereocenters. The highest BCUT2D eigenvalue weighted by Gasteiger charge is 2.36. The molecule has 0 spiro atoms. The molecule has 2 rings (SSSR count). The predicted molar refractivity (Wildman–Crippen MR) is 48.7 cm³/mol. The first kappa shape index (κ1) is 8.52. The summed E-state index contributed by atoms with van der Waals surface area (Å²) in [5.74, 6) is 1.41. The van der Waals surface area contributed by atoms with Crippen molar-refractivity contribution in [3.63, 3.8) is 0 Å². The molecule has 0 aromatic heterocycles. The third-order valence-corrected chi connectivity index (χ3v) is 3.66. The Kier molecular flexibility index (Phi) is 2.37. The van der Waals surface area contributed by atoms with E-state index in [1.807, 2.05) is 7.05 Å². The van der Waals surface area contributed by atoms with E-state index < -0.39 is 0 Å². The summed E-state index contributed by atoms with van der Waals surface area (Å²) in [7, 11) is 2.04. The zero-order valence-corrected chi connectivity index (χ0v) is 7.87. The maximum atomic E-state index is 9.90. The summed E-state index contributed by atoms with van der Waals surface area (Å²) in [6.45, 7) is 1.09. The number of fused-ring (bicyclic) bond motifs is 1. The van der Waals surface area contributed by atoms with Crippen LogP contribution in [0.3, 0.4) is 0 Å². The Balaban J connectivity index is 2.03. The molecule has 70 valence electrons. The maximum Gasteiger partial charge on any atom is 0.110 e. The van der Waals surface area contributed by atoms with Gasteiger partial charge in [-0.25, -0.2) is 0 Å². The van der Waals surface area contributed by atoms with Crippen molar-refractivity contribution < 1.29 is 5.11 Å². The van der Waals surface area contributed by atoms with E-state index in [0.29, 0.717) is 5.92 Å². The Hall–Kier alpha value is -0.0800. The van der Waals surface area contributed by atoms with Gasteiger partial charge in [-0.15, -0.1) is 0 Å². The molecule has 0 aromatic carbocycles. The lowest BCUT2D eigenvalue weighted by molar-refractivity contribution is -0.0891. The number of rotatable bonds is 0. The molecule has 0 bridgehead atoms. The number of hydrogen-bond acceptors (Lipinski definition) is 2. The standard InChI is InChI=1S/C10H19NO/c1-11-7-6-8-4-2-3-5-9(8)10(11)12/h8-10,12H,2-7H2,1H3. The van der Waals surface area contributed by atoms with Crippen LogP contribution in [0.4, 0.5) is 0 Å². The highest BCUT2D eigenvalue weighted by atomic mass is 16.3. The normalized spacial score (nSPS) is 44.0. The molecule has 0 radical (unpaired) electrons. The van der Waals surface area contributed by atoms with Crippen LogP contribution in [-0.4, -0.2) is 29.8 Å². The van der Waals surface area contributed by atoms with Crippen molar-refractivity contribution in [2.24, 2.45) is 11.8 Å². The lowest BCUT2D eigenvalue weighted by atomic mass is 9.74. The van der Waals surface area contributed by atoms with E-state index in [1.54, 1.807) is 0 Å². The molecule has 2 aliphatic rings. The van der Waals surface area contributed by atoms with Gasteiger partial charge < -0.3 is 5.11 Å². The number of piperidine rings is 1. The van der Waals surface area contributed by atoms with Crippen LogP contribution in [0.15, 0.2) is 0 Å². The summed E-state index contributed by atoms with van der Waals surface area (Å²) in [5, 5.41) is 9.90. The first-order valence-electron chi connectivity index (χ1n) is 5.17. The summed E-state index contributed by atoms with van der Waals surface area (Å²) < 4.78 is 0. The van der Waals surface area contributed by atoms with E-state index in [1.165, 1.54) is 32.1 Å². The second-order valence-electron chi connectivity index (χ2n) is 4.39. The summed E-state index contributed by atoms with van der Waals surface area (Å²) >= 11 is 0. The molecule has 12 heavy (non-hydrogen) atoms. The predicted octanol–water partition coefficient (Wildman–Crippen LogP) is 1.45. The van der Waals surface area contributed by atoms with E-state index in [9.17, 15) is 5.11 Å². The van der Waals surface area contributed by atoms with Gasteiger partial charge in [0.15, 0.2) is 0 Å². The van der Waals surface area contributed by atoms with Crippen LogP contribution >= 0.6 is 0 Å². The molecule has 2 nitrogen and oxygen atoms in total. The Morgan fingerprint density at radius 1 is 1.17 bits per heavy atom. The van der Waals surface area contributed by atoms with Gasteiger partial charge in [-0.3, -0.25) is 4.90 Å². The Morgan fingerprint density at radius 3 is 2.75 bits per heavy atom. The molecular weight excluding hydrogens is 150 g/mol. The van der Waals surface area contributed by atoms with Gasteiger partial charge >= 0.3 is 0 Å². The fraction of sp³-hybridized carbons (Fsp3) is 1.00. The van der Waals surface area contributed by atoms with E-state index in [4.69, 9.17) is 0 Å². The SMILES string of the molecule is CN1CCC2CCCCC2C1O. The lowest BCUT2D eigenvalue weighted by Gasteiger charge is -2.43. The van der Waals surface area contributed by atoms with Gasteiger partial charge in [-0.1, -0.05) is 12.8 Å². The number of nitrogens with zero attached hydrogens (tertiary/aromatic N) is 1. The van der Waals surface area contributed by atoms with Crippen LogP contribution in [-0.2, 0) is 0 Å². The minimum absolute atomic E-state index is 0.149. The molecule has 2 fully saturated rings. The van der Waals surface area contributed by atoms with Crippen LogP contribution in [0.1, 0.15) is 32.1 Å². The molecule has 1 aliphatic carbocycles. The smallest absolute Gasteiger partial charge is 0.110 e. The summed E-state index contributed by atoms with van der Waals surface area (Å²) in [6, 6.07) is 0. The van der Waals surface area contributed by atoms with Crippen LogP contribution in [0.2, 0.25) is 0 Å². The summed E-state index contributed by atoms with van der Waals surface area (Å²) in [4.78, 5) is 2.10. The van der Waals surface area contributed by atoms with Crippen molar-refractivity contribution in [1.29, 1.82) is 0 Å². The quantitative estimate of drug-likeness (QED) is 0.593. The second-order valence-corrected chi connectivity index (χ2v) is 4.39. The van der Waals surface area contributed by atoms with Crippen LogP contribution < -0.4 is 0 Å². The Morgan fingerprint density at radius 2 is 1.92 bits per heavy atom. The molecule has 1 saturated heterocycles. The molecule has 0 aromatic rings. The van der Waals surface area contributed by atoms with Crippen LogP contribution in [0.25, 0.3) is 0 Å². The fourth-order valence-corrected chi connectivity index (χ4v) is 2.82. The molecule has 1 N–H and O–H groups in total. The zero-order chi connectivity index (χ0) is 8.55. The second kappa shape index (κ2) is 3.35. The van der Waals surface area contributed by atoms with E-state index >= 15 is 0 Å². The number of aliphatic hydroxyl groups is 1. The average Bonchev–Trinajstić information content (AvgIpc) is 2.12. The molecule has 3 unspecified atom stereocenters. The number of aliphatic hydroxyl groups excluding tert-OH is 1. The summed E-state index contributed by atoms with van der Waals surface area (Å²) in [5.41, 5.74) is 0. The van der Waals surface area contributed by atoms with Gasteiger partial charge in [0.25, 0.3) is 0 Å². The highest BCUT2D eigenvalue weighted by molar-refractivity contribution is 4.84. The Bertz CT molecular complexity index is 158. The topological polar surface area (TPSA) is 23.5 Å². The van der Waals surface area contributed by atoms with Gasteiger partial charge in [0.1, 0.15) is 6.23 Å². The van der Waals surface area contributed by atoms with Crippen molar-refractivity contribution in [3.8, 4) is 0 Å². The first-order chi connectivity index (χ1) is 5.79. The van der Waals surface area contributed by atoms with E-state index in [-0.39, 0.29) is 6.23 Å². The highest BCUT2D eigenvalue weighted by Crippen LogP contribution is 2.38. The third-order valence-electron chi connectivity index (χ3n) is 3.66. The van der Waals surface area contributed by atoms with Gasteiger partial charge in [0.2, 0.25) is 0 Å². The lowest BCUT2D eigenvalue weighted by Crippen LogP contribution is -2.47. The molecule has 1 aliphatic heterocycles. The Labute approximate surface area is 74.6 Å². The minimum atomic E-state index is -0.149. The van der Waals surface area contributed by atoms with E-state index in [0.717, 1.165) is 12.5 Å².